The highest BCUT2D eigenvalue weighted by Gasteiger charge is 2.38. The lowest BCUT2D eigenvalue weighted by Gasteiger charge is -2.35. The standard InChI is InChI=1S/C10H19ClO2S/c1-7(2)9-5-4-8(3)6-10(9)14(11,12)13/h7-10H,4-6H2,1-3H3/t8-,9+,10+/m1/s1. The Morgan fingerprint density at radius 2 is 1.86 bits per heavy atom. The van der Waals surface area contributed by atoms with Gasteiger partial charge in [-0.1, -0.05) is 27.2 Å². The van der Waals surface area contributed by atoms with Crippen LogP contribution in [-0.4, -0.2) is 13.7 Å². The van der Waals surface area contributed by atoms with Crippen LogP contribution in [0.1, 0.15) is 40.0 Å². The van der Waals surface area contributed by atoms with Gasteiger partial charge in [-0.3, -0.25) is 0 Å². The van der Waals surface area contributed by atoms with Gasteiger partial charge < -0.3 is 0 Å². The van der Waals surface area contributed by atoms with Crippen LogP contribution in [0, 0.1) is 17.8 Å². The van der Waals surface area contributed by atoms with E-state index in [0.717, 1.165) is 19.3 Å². The molecule has 0 bridgehead atoms. The Balaban J connectivity index is 2.85. The minimum atomic E-state index is -3.38. The molecule has 2 nitrogen and oxygen atoms in total. The zero-order valence-electron chi connectivity index (χ0n) is 9.03. The molecule has 14 heavy (non-hydrogen) atoms. The molecule has 1 fully saturated rings. The Kier molecular flexibility index (Phi) is 3.87. The van der Waals surface area contributed by atoms with Gasteiger partial charge in [0.15, 0.2) is 0 Å². The maximum atomic E-state index is 11.4. The molecule has 0 aromatic heterocycles. The topological polar surface area (TPSA) is 34.1 Å². The first kappa shape index (κ1) is 12.3. The quantitative estimate of drug-likeness (QED) is 0.693. The number of halogens is 1. The molecule has 0 spiro atoms. The van der Waals surface area contributed by atoms with E-state index in [4.69, 9.17) is 10.7 Å². The van der Waals surface area contributed by atoms with E-state index in [1.807, 2.05) is 0 Å². The summed E-state index contributed by atoms with van der Waals surface area (Å²) in [5.74, 6) is 1.14. The molecule has 0 radical (unpaired) electrons. The first-order valence-electron chi connectivity index (χ1n) is 5.26. The number of hydrogen-bond donors (Lipinski definition) is 0. The van der Waals surface area contributed by atoms with E-state index in [0.29, 0.717) is 11.8 Å². The zero-order chi connectivity index (χ0) is 10.9. The molecule has 0 amide bonds. The minimum absolute atomic E-state index is 0.244. The van der Waals surface area contributed by atoms with Gasteiger partial charge in [-0.05, 0) is 30.6 Å². The smallest absolute Gasteiger partial charge is 0.212 e. The van der Waals surface area contributed by atoms with E-state index >= 15 is 0 Å². The second-order valence-electron chi connectivity index (χ2n) is 4.84. The Morgan fingerprint density at radius 3 is 2.29 bits per heavy atom. The summed E-state index contributed by atoms with van der Waals surface area (Å²) in [6, 6.07) is 0. The van der Waals surface area contributed by atoms with Crippen molar-refractivity contribution in [3.05, 3.63) is 0 Å². The van der Waals surface area contributed by atoms with Gasteiger partial charge in [0.2, 0.25) is 9.05 Å². The molecule has 4 heteroatoms. The van der Waals surface area contributed by atoms with Crippen LogP contribution in [0.2, 0.25) is 0 Å². The first-order valence-corrected chi connectivity index (χ1v) is 7.63. The molecule has 0 unspecified atom stereocenters. The molecule has 3 atom stereocenters. The molecule has 0 aromatic carbocycles. The molecule has 84 valence electrons. The maximum absolute atomic E-state index is 11.4. The van der Waals surface area contributed by atoms with Crippen molar-refractivity contribution >= 4 is 19.7 Å². The first-order chi connectivity index (χ1) is 6.32. The van der Waals surface area contributed by atoms with Gasteiger partial charge in [0.25, 0.3) is 0 Å². The van der Waals surface area contributed by atoms with Crippen LogP contribution >= 0.6 is 10.7 Å². The number of rotatable bonds is 2. The van der Waals surface area contributed by atoms with Gasteiger partial charge in [0.05, 0.1) is 5.25 Å². The van der Waals surface area contributed by atoms with Crippen LogP contribution in [0.4, 0.5) is 0 Å². The Bertz CT molecular complexity index is 284. The van der Waals surface area contributed by atoms with Gasteiger partial charge in [0.1, 0.15) is 0 Å². The average Bonchev–Trinajstić information content (AvgIpc) is 2.01. The summed E-state index contributed by atoms with van der Waals surface area (Å²) in [4.78, 5) is 0. The van der Waals surface area contributed by atoms with Gasteiger partial charge in [-0.2, -0.15) is 0 Å². The Morgan fingerprint density at radius 1 is 1.29 bits per heavy atom. The summed E-state index contributed by atoms with van der Waals surface area (Å²) in [6.45, 7) is 6.26. The van der Waals surface area contributed by atoms with Crippen LogP contribution in [0.5, 0.6) is 0 Å². The van der Waals surface area contributed by atoms with Crippen molar-refractivity contribution in [2.24, 2.45) is 17.8 Å². The highest BCUT2D eigenvalue weighted by atomic mass is 35.7. The van der Waals surface area contributed by atoms with Crippen molar-refractivity contribution in [1.29, 1.82) is 0 Å². The van der Waals surface area contributed by atoms with Gasteiger partial charge in [-0.15, -0.1) is 0 Å². The maximum Gasteiger partial charge on any atom is 0.235 e. The lowest BCUT2D eigenvalue weighted by atomic mass is 9.77. The van der Waals surface area contributed by atoms with Crippen LogP contribution < -0.4 is 0 Å². The third kappa shape index (κ3) is 2.86. The Labute approximate surface area is 91.5 Å². The summed E-state index contributed by atoms with van der Waals surface area (Å²) in [5, 5.41) is -0.326. The molecule has 1 saturated carbocycles. The summed E-state index contributed by atoms with van der Waals surface area (Å²) < 4.78 is 22.8. The molecule has 0 heterocycles. The highest BCUT2D eigenvalue weighted by Crippen LogP contribution is 2.38. The van der Waals surface area contributed by atoms with Crippen molar-refractivity contribution in [2.45, 2.75) is 45.3 Å². The van der Waals surface area contributed by atoms with Gasteiger partial charge in [0, 0.05) is 10.7 Å². The van der Waals surface area contributed by atoms with Crippen LogP contribution in [0.3, 0.4) is 0 Å². The zero-order valence-corrected chi connectivity index (χ0v) is 10.6. The van der Waals surface area contributed by atoms with Crippen molar-refractivity contribution in [1.82, 2.24) is 0 Å². The lowest BCUT2D eigenvalue weighted by Crippen LogP contribution is -2.36. The van der Waals surface area contributed by atoms with Crippen molar-refractivity contribution in [3.63, 3.8) is 0 Å². The molecule has 1 rings (SSSR count). The largest absolute Gasteiger partial charge is 0.235 e. The van der Waals surface area contributed by atoms with Crippen LogP contribution in [0.25, 0.3) is 0 Å². The lowest BCUT2D eigenvalue weighted by molar-refractivity contribution is 0.238. The summed E-state index contributed by atoms with van der Waals surface area (Å²) in [6.07, 6.45) is 2.86. The second kappa shape index (κ2) is 4.40. The average molecular weight is 239 g/mol. The fourth-order valence-corrected chi connectivity index (χ4v) is 4.48. The van der Waals surface area contributed by atoms with E-state index in [1.54, 1.807) is 0 Å². The predicted octanol–water partition coefficient (Wildman–Crippen LogP) is 3.02. The fraction of sp³-hybridized carbons (Fsp3) is 1.00. The van der Waals surface area contributed by atoms with Gasteiger partial charge in [-0.25, -0.2) is 8.42 Å². The monoisotopic (exact) mass is 238 g/mol. The van der Waals surface area contributed by atoms with E-state index in [-0.39, 0.29) is 11.2 Å². The molecule has 1 aliphatic rings. The summed E-state index contributed by atoms with van der Waals surface area (Å²) in [7, 11) is 2.11. The number of hydrogen-bond acceptors (Lipinski definition) is 2. The third-order valence-corrected chi connectivity index (χ3v) is 5.27. The van der Waals surface area contributed by atoms with Crippen LogP contribution in [0.15, 0.2) is 0 Å². The molecule has 0 aromatic rings. The minimum Gasteiger partial charge on any atom is -0.212 e. The third-order valence-electron chi connectivity index (χ3n) is 3.32. The summed E-state index contributed by atoms with van der Waals surface area (Å²) in [5.41, 5.74) is 0. The predicted molar refractivity (Wildman–Crippen MR) is 59.9 cm³/mol. The highest BCUT2D eigenvalue weighted by molar-refractivity contribution is 8.14. The fourth-order valence-electron chi connectivity index (χ4n) is 2.44. The molecule has 0 saturated heterocycles. The van der Waals surface area contributed by atoms with Crippen molar-refractivity contribution < 1.29 is 8.42 Å². The molecule has 1 aliphatic carbocycles. The van der Waals surface area contributed by atoms with Crippen LogP contribution in [-0.2, 0) is 9.05 Å². The van der Waals surface area contributed by atoms with E-state index in [1.165, 1.54) is 0 Å². The molecule has 0 aliphatic heterocycles. The SMILES string of the molecule is CC(C)[C@@H]1CC[C@@H](C)C[C@@H]1S(=O)(=O)Cl. The van der Waals surface area contributed by atoms with Gasteiger partial charge >= 0.3 is 0 Å². The molecular weight excluding hydrogens is 220 g/mol. The van der Waals surface area contributed by atoms with E-state index in [9.17, 15) is 8.42 Å². The summed E-state index contributed by atoms with van der Waals surface area (Å²) >= 11 is 0. The second-order valence-corrected chi connectivity index (χ2v) is 7.69. The van der Waals surface area contributed by atoms with E-state index in [2.05, 4.69) is 20.8 Å². The molecular formula is C10H19ClO2S. The normalized spacial score (nSPS) is 34.8. The van der Waals surface area contributed by atoms with Crippen molar-refractivity contribution in [3.8, 4) is 0 Å². The van der Waals surface area contributed by atoms with Crippen molar-refractivity contribution in [2.75, 3.05) is 0 Å². The molecule has 0 N–H and O–H groups in total. The van der Waals surface area contributed by atoms with E-state index < -0.39 is 9.05 Å². The Hall–Kier alpha value is 0.240.